The van der Waals surface area contributed by atoms with E-state index in [4.69, 9.17) is 4.42 Å². The van der Waals surface area contributed by atoms with Crippen LogP contribution in [0.3, 0.4) is 0 Å². The molecule has 1 N–H and O–H groups in total. The molecule has 0 bridgehead atoms. The summed E-state index contributed by atoms with van der Waals surface area (Å²) in [7, 11) is 0. The molecular formula is C12H14BrN3O2. The summed E-state index contributed by atoms with van der Waals surface area (Å²) in [6, 6.07) is 3.32. The van der Waals surface area contributed by atoms with Crippen LogP contribution in [0.25, 0.3) is 0 Å². The first-order chi connectivity index (χ1) is 8.70. The van der Waals surface area contributed by atoms with Gasteiger partial charge in [-0.1, -0.05) is 6.92 Å². The number of halogens is 1. The third kappa shape index (κ3) is 3.01. The van der Waals surface area contributed by atoms with Crippen LogP contribution in [0.5, 0.6) is 0 Å². The molecule has 0 aromatic carbocycles. The second-order valence-corrected chi connectivity index (χ2v) is 4.78. The average molecular weight is 312 g/mol. The zero-order valence-corrected chi connectivity index (χ0v) is 11.6. The summed E-state index contributed by atoms with van der Waals surface area (Å²) >= 11 is 3.32. The summed E-state index contributed by atoms with van der Waals surface area (Å²) in [5.74, 6) is 0.671. The minimum absolute atomic E-state index is 0.0653. The number of rotatable bonds is 5. The number of hydrogen-bond acceptors (Lipinski definition) is 3. The lowest BCUT2D eigenvalue weighted by molar-refractivity contribution is -0.125. The molecular weight excluding hydrogens is 298 g/mol. The van der Waals surface area contributed by atoms with Gasteiger partial charge in [0.25, 0.3) is 0 Å². The topological polar surface area (TPSA) is 60.1 Å². The Morgan fingerprint density at radius 2 is 2.50 bits per heavy atom. The van der Waals surface area contributed by atoms with Crippen molar-refractivity contribution >= 4 is 21.8 Å². The molecule has 1 unspecified atom stereocenters. The molecule has 18 heavy (non-hydrogen) atoms. The maximum absolute atomic E-state index is 12.1. The molecule has 0 radical (unpaired) electrons. The van der Waals surface area contributed by atoms with Gasteiger partial charge in [-0.05, 0) is 34.5 Å². The van der Waals surface area contributed by atoms with Crippen LogP contribution in [-0.2, 0) is 11.3 Å². The zero-order valence-electron chi connectivity index (χ0n) is 9.97. The fraction of sp³-hybridized carbons (Fsp3) is 0.333. The largest absolute Gasteiger partial charge is 0.467 e. The van der Waals surface area contributed by atoms with Gasteiger partial charge in [0, 0.05) is 6.20 Å². The highest BCUT2D eigenvalue weighted by atomic mass is 79.9. The summed E-state index contributed by atoms with van der Waals surface area (Å²) in [5, 5.41) is 6.97. The average Bonchev–Trinajstić information content (AvgIpc) is 2.99. The lowest BCUT2D eigenvalue weighted by Gasteiger charge is -2.14. The number of nitrogens with zero attached hydrogens (tertiary/aromatic N) is 2. The summed E-state index contributed by atoms with van der Waals surface area (Å²) in [5.41, 5.74) is 0. The highest BCUT2D eigenvalue weighted by Crippen LogP contribution is 2.15. The molecule has 96 valence electrons. The minimum atomic E-state index is -0.300. The Kier molecular flexibility index (Phi) is 4.19. The van der Waals surface area contributed by atoms with Crippen LogP contribution in [-0.4, -0.2) is 15.7 Å². The van der Waals surface area contributed by atoms with Gasteiger partial charge in [-0.25, -0.2) is 0 Å². The van der Waals surface area contributed by atoms with Crippen LogP contribution in [0.4, 0.5) is 0 Å². The third-order valence-electron chi connectivity index (χ3n) is 2.60. The Labute approximate surface area is 113 Å². The predicted octanol–water partition coefficient (Wildman–Crippen LogP) is 2.51. The van der Waals surface area contributed by atoms with Gasteiger partial charge >= 0.3 is 0 Å². The Balaban J connectivity index is 1.97. The van der Waals surface area contributed by atoms with E-state index in [1.165, 1.54) is 0 Å². The van der Waals surface area contributed by atoms with Crippen molar-refractivity contribution in [3.05, 3.63) is 41.0 Å². The highest BCUT2D eigenvalue weighted by molar-refractivity contribution is 9.10. The van der Waals surface area contributed by atoms with Gasteiger partial charge in [0.2, 0.25) is 5.91 Å². The number of hydrogen-bond donors (Lipinski definition) is 1. The molecule has 1 atom stereocenters. The smallest absolute Gasteiger partial charge is 0.245 e. The predicted molar refractivity (Wildman–Crippen MR) is 69.8 cm³/mol. The first kappa shape index (κ1) is 12.9. The van der Waals surface area contributed by atoms with Gasteiger partial charge in [0.05, 0.1) is 23.5 Å². The second kappa shape index (κ2) is 5.86. The van der Waals surface area contributed by atoms with E-state index >= 15 is 0 Å². The molecule has 0 aliphatic carbocycles. The zero-order chi connectivity index (χ0) is 13.0. The Morgan fingerprint density at radius 3 is 3.06 bits per heavy atom. The van der Waals surface area contributed by atoms with Crippen LogP contribution in [0.1, 0.15) is 25.1 Å². The monoisotopic (exact) mass is 311 g/mol. The maximum atomic E-state index is 12.1. The lowest BCUT2D eigenvalue weighted by atomic mass is 10.2. The molecule has 2 heterocycles. The molecule has 0 saturated carbocycles. The molecule has 5 nitrogen and oxygen atoms in total. The number of amides is 1. The van der Waals surface area contributed by atoms with Gasteiger partial charge in [0.15, 0.2) is 0 Å². The standard InChI is InChI=1S/C12H14BrN3O2/c1-2-11(16-8-9(13)6-15-16)12(17)14-7-10-4-3-5-18-10/h3-6,8,11H,2,7H2,1H3,(H,14,17). The Morgan fingerprint density at radius 1 is 1.67 bits per heavy atom. The van der Waals surface area contributed by atoms with Crippen molar-refractivity contribution in [2.75, 3.05) is 0 Å². The third-order valence-corrected chi connectivity index (χ3v) is 3.01. The SMILES string of the molecule is CCC(C(=O)NCc1ccco1)n1cc(Br)cn1. The summed E-state index contributed by atoms with van der Waals surface area (Å²) < 4.78 is 7.68. The van der Waals surface area contributed by atoms with Crippen molar-refractivity contribution in [3.63, 3.8) is 0 Å². The highest BCUT2D eigenvalue weighted by Gasteiger charge is 2.19. The first-order valence-corrected chi connectivity index (χ1v) is 6.49. The number of furan rings is 1. The molecule has 2 rings (SSSR count). The minimum Gasteiger partial charge on any atom is -0.467 e. The fourth-order valence-electron chi connectivity index (χ4n) is 1.68. The van der Waals surface area contributed by atoms with Gasteiger partial charge in [-0.15, -0.1) is 0 Å². The fourth-order valence-corrected chi connectivity index (χ4v) is 1.98. The van der Waals surface area contributed by atoms with E-state index in [9.17, 15) is 4.79 Å². The van der Waals surface area contributed by atoms with E-state index < -0.39 is 0 Å². The number of carbonyl (C=O) groups excluding carboxylic acids is 1. The summed E-state index contributed by atoms with van der Waals surface area (Å²) in [6.07, 6.45) is 5.73. The van der Waals surface area contributed by atoms with E-state index in [-0.39, 0.29) is 11.9 Å². The molecule has 1 amide bonds. The lowest BCUT2D eigenvalue weighted by Crippen LogP contribution is -2.32. The Bertz CT molecular complexity index is 507. The number of nitrogens with one attached hydrogen (secondary N) is 1. The van der Waals surface area contributed by atoms with E-state index in [0.717, 1.165) is 10.2 Å². The molecule has 0 saturated heterocycles. The normalized spacial score (nSPS) is 12.3. The van der Waals surface area contributed by atoms with Crippen LogP contribution in [0, 0.1) is 0 Å². The number of aromatic nitrogens is 2. The van der Waals surface area contributed by atoms with Gasteiger partial charge in [-0.2, -0.15) is 5.10 Å². The maximum Gasteiger partial charge on any atom is 0.245 e. The van der Waals surface area contributed by atoms with E-state index in [2.05, 4.69) is 26.3 Å². The van der Waals surface area contributed by atoms with Crippen molar-refractivity contribution < 1.29 is 9.21 Å². The molecule has 0 fully saturated rings. The van der Waals surface area contributed by atoms with Gasteiger partial charge in [-0.3, -0.25) is 9.48 Å². The molecule has 2 aromatic heterocycles. The molecule has 0 spiro atoms. The molecule has 0 aliphatic heterocycles. The van der Waals surface area contributed by atoms with E-state index in [1.54, 1.807) is 29.4 Å². The molecule has 2 aromatic rings. The second-order valence-electron chi connectivity index (χ2n) is 3.86. The van der Waals surface area contributed by atoms with Gasteiger partial charge in [0.1, 0.15) is 11.8 Å². The van der Waals surface area contributed by atoms with E-state index in [1.807, 2.05) is 13.0 Å². The van der Waals surface area contributed by atoms with Crippen molar-refractivity contribution in [1.29, 1.82) is 0 Å². The van der Waals surface area contributed by atoms with Crippen molar-refractivity contribution in [2.45, 2.75) is 25.9 Å². The van der Waals surface area contributed by atoms with Gasteiger partial charge < -0.3 is 9.73 Å². The van der Waals surface area contributed by atoms with Crippen LogP contribution in [0.2, 0.25) is 0 Å². The van der Waals surface area contributed by atoms with Crippen molar-refractivity contribution in [3.8, 4) is 0 Å². The van der Waals surface area contributed by atoms with Crippen molar-refractivity contribution in [1.82, 2.24) is 15.1 Å². The van der Waals surface area contributed by atoms with Crippen LogP contribution >= 0.6 is 15.9 Å². The van der Waals surface area contributed by atoms with Crippen molar-refractivity contribution in [2.24, 2.45) is 0 Å². The first-order valence-electron chi connectivity index (χ1n) is 5.70. The summed E-state index contributed by atoms with van der Waals surface area (Å²) in [6.45, 7) is 2.34. The number of carbonyl (C=O) groups is 1. The summed E-state index contributed by atoms with van der Waals surface area (Å²) in [4.78, 5) is 12.1. The molecule has 0 aliphatic rings. The van der Waals surface area contributed by atoms with Crippen LogP contribution in [0.15, 0.2) is 39.7 Å². The molecule has 6 heteroatoms. The van der Waals surface area contributed by atoms with E-state index in [0.29, 0.717) is 13.0 Å². The van der Waals surface area contributed by atoms with Crippen LogP contribution < -0.4 is 5.32 Å². The Hall–Kier alpha value is -1.56. The quantitative estimate of drug-likeness (QED) is 0.923.